The molecule has 0 bridgehead atoms. The minimum absolute atomic E-state index is 0.269. The normalized spacial score (nSPS) is 14.4. The Balaban J connectivity index is 2.71. The molecule has 2 nitrogen and oxygen atoms in total. The van der Waals surface area contributed by atoms with Gasteiger partial charge in [-0.25, -0.2) is 3.21 Å². The molecule has 0 radical (unpaired) electrons. The highest BCUT2D eigenvalue weighted by molar-refractivity contribution is 14.1. The van der Waals surface area contributed by atoms with E-state index in [4.69, 9.17) is 0 Å². The summed E-state index contributed by atoms with van der Waals surface area (Å²) in [6, 6.07) is 0. The van der Waals surface area contributed by atoms with Crippen molar-refractivity contribution in [2.75, 3.05) is 0 Å². The lowest BCUT2D eigenvalue weighted by Gasteiger charge is -1.94. The summed E-state index contributed by atoms with van der Waals surface area (Å²) in [6.45, 7) is 4.27. The lowest BCUT2D eigenvalue weighted by Crippen LogP contribution is -1.82. The average molecular weight is 278 g/mol. The molecular weight excluding hydrogens is 271 g/mol. The number of hydrogen-bond acceptors (Lipinski definition) is 3. The number of halogens is 1. The van der Waals surface area contributed by atoms with Gasteiger partial charge in [-0.2, -0.15) is 3.15 Å². The van der Waals surface area contributed by atoms with Crippen molar-refractivity contribution in [1.82, 2.24) is 0 Å². The van der Waals surface area contributed by atoms with Crippen molar-refractivity contribution in [3.8, 4) is 0 Å². The fourth-order valence-electron chi connectivity index (χ4n) is 0.968. The molecule has 0 amide bonds. The summed E-state index contributed by atoms with van der Waals surface area (Å²) in [4.78, 5) is 1.37. The average Bonchev–Trinajstić information content (AvgIpc) is 2.30. The molecule has 0 saturated carbocycles. The summed E-state index contributed by atoms with van der Waals surface area (Å²) in [5, 5.41) is 1.20. The third kappa shape index (κ3) is 1.18. The minimum Gasteiger partial charge on any atom is -0.212 e. The smallest absolute Gasteiger partial charge is 0.144 e. The van der Waals surface area contributed by atoms with E-state index in [0.717, 1.165) is 0 Å². The summed E-state index contributed by atoms with van der Waals surface area (Å²) >= 11 is 1.52. The van der Waals surface area contributed by atoms with Crippen molar-refractivity contribution in [2.24, 2.45) is 6.35 Å². The third-order valence-corrected chi connectivity index (χ3v) is 4.42. The second-order valence-corrected chi connectivity index (χ2v) is 5.06. The van der Waals surface area contributed by atoms with Gasteiger partial charge < -0.3 is 0 Å². The van der Waals surface area contributed by atoms with Crippen LogP contribution < -0.4 is 0 Å². The number of fused-ring (bicyclic) bond motifs is 1. The van der Waals surface area contributed by atoms with Gasteiger partial charge in [0.25, 0.3) is 0 Å². The Labute approximate surface area is 79.9 Å². The number of thiophene rings is 1. The molecule has 0 N–H and O–H groups in total. The molecule has 1 aromatic heterocycles. The Kier molecular flexibility index (Phi) is 1.88. The molecule has 1 aliphatic heterocycles. The van der Waals surface area contributed by atoms with Crippen molar-refractivity contribution >= 4 is 43.9 Å². The molecule has 58 valence electrons. The highest BCUT2D eigenvalue weighted by Crippen LogP contribution is 2.38. The maximum atomic E-state index is 4.41. The van der Waals surface area contributed by atoms with Crippen molar-refractivity contribution in [3.05, 3.63) is 16.0 Å². The first-order chi connectivity index (χ1) is 5.29. The quantitative estimate of drug-likeness (QED) is 0.649. The van der Waals surface area contributed by atoms with Crippen LogP contribution in [0, 0.1) is 13.8 Å². The Morgan fingerprint density at radius 2 is 2.27 bits per heavy atom. The highest BCUT2D eigenvalue weighted by Gasteiger charge is 2.11. The molecule has 0 unspecified atom stereocenters. The van der Waals surface area contributed by atoms with Crippen LogP contribution in [0.15, 0.2) is 6.35 Å². The molecule has 11 heavy (non-hydrogen) atoms. The SMILES string of the molecule is Cc1sc2c(c1C)C=NI=N2. The molecule has 2 heterocycles. The molecule has 0 fully saturated rings. The van der Waals surface area contributed by atoms with Gasteiger partial charge in [0, 0.05) is 16.7 Å². The second-order valence-electron chi connectivity index (χ2n) is 2.39. The van der Waals surface area contributed by atoms with Crippen LogP contribution in [0.2, 0.25) is 0 Å². The van der Waals surface area contributed by atoms with E-state index in [9.17, 15) is 0 Å². The van der Waals surface area contributed by atoms with E-state index in [1.807, 2.05) is 6.21 Å². The van der Waals surface area contributed by atoms with E-state index in [2.05, 4.69) is 20.2 Å². The first-order valence-corrected chi connectivity index (χ1v) is 6.01. The first kappa shape index (κ1) is 7.54. The van der Waals surface area contributed by atoms with Crippen molar-refractivity contribution in [3.63, 3.8) is 0 Å². The fraction of sp³-hybridized carbons (Fsp3) is 0.286. The van der Waals surface area contributed by atoms with Gasteiger partial charge in [-0.05, 0) is 19.4 Å². The van der Waals surface area contributed by atoms with E-state index in [0.29, 0.717) is 0 Å². The maximum Gasteiger partial charge on any atom is 0.144 e. The highest BCUT2D eigenvalue weighted by atomic mass is 127. The van der Waals surface area contributed by atoms with Crippen molar-refractivity contribution < 1.29 is 0 Å². The molecule has 0 spiro atoms. The van der Waals surface area contributed by atoms with E-state index in [-0.39, 0.29) is 21.3 Å². The Morgan fingerprint density at radius 1 is 1.45 bits per heavy atom. The lowest BCUT2D eigenvalue weighted by atomic mass is 10.2. The van der Waals surface area contributed by atoms with Gasteiger partial charge in [0.05, 0.1) is 0 Å². The Bertz CT molecular complexity index is 352. The number of rotatable bonds is 0. The zero-order valence-electron chi connectivity index (χ0n) is 6.26. The molecule has 0 saturated heterocycles. The molecule has 4 heteroatoms. The lowest BCUT2D eigenvalue weighted by molar-refractivity contribution is 1.42. The molecule has 0 aromatic carbocycles. The van der Waals surface area contributed by atoms with Crippen LogP contribution in [0.3, 0.4) is 0 Å². The zero-order chi connectivity index (χ0) is 7.84. The Hall–Kier alpha value is -0.100. The van der Waals surface area contributed by atoms with Crippen LogP contribution in [0.25, 0.3) is 0 Å². The predicted octanol–water partition coefficient (Wildman–Crippen LogP) is 3.50. The molecule has 0 atom stereocenters. The number of aryl methyl sites for hydroxylation is 1. The molecule has 1 aliphatic rings. The van der Waals surface area contributed by atoms with Gasteiger partial charge in [0.15, 0.2) is 0 Å². The van der Waals surface area contributed by atoms with Crippen LogP contribution >= 0.6 is 32.6 Å². The van der Waals surface area contributed by atoms with Crippen LogP contribution in [0.4, 0.5) is 5.00 Å². The number of hydrogen-bond donors (Lipinski definition) is 0. The van der Waals surface area contributed by atoms with Crippen LogP contribution in [0.1, 0.15) is 16.0 Å². The van der Waals surface area contributed by atoms with Crippen LogP contribution in [-0.2, 0) is 0 Å². The van der Waals surface area contributed by atoms with Crippen molar-refractivity contribution in [2.45, 2.75) is 13.8 Å². The van der Waals surface area contributed by atoms with E-state index in [1.165, 1.54) is 21.0 Å². The van der Waals surface area contributed by atoms with Gasteiger partial charge in [0.1, 0.15) is 26.3 Å². The third-order valence-electron chi connectivity index (χ3n) is 1.75. The summed E-state index contributed by atoms with van der Waals surface area (Å²) < 4.78 is 8.62. The van der Waals surface area contributed by atoms with Crippen LogP contribution in [0.5, 0.6) is 0 Å². The standard InChI is InChI=1S/C7H7IN2S/c1-4-5(2)11-7-6(4)3-9-8-10-7/h3H,1-2H3. The molecule has 2 rings (SSSR count). The van der Waals surface area contributed by atoms with E-state index >= 15 is 0 Å². The predicted molar refractivity (Wildman–Crippen MR) is 57.5 cm³/mol. The minimum atomic E-state index is -0.269. The summed E-state index contributed by atoms with van der Waals surface area (Å²) in [6.07, 6.45) is 1.98. The molecular formula is C7H7IN2S. The van der Waals surface area contributed by atoms with Gasteiger partial charge >= 0.3 is 0 Å². The van der Waals surface area contributed by atoms with E-state index in [1.54, 1.807) is 11.3 Å². The van der Waals surface area contributed by atoms with Gasteiger partial charge in [-0.1, -0.05) is 0 Å². The van der Waals surface area contributed by atoms with Gasteiger partial charge in [0.2, 0.25) is 0 Å². The first-order valence-electron chi connectivity index (χ1n) is 3.27. The van der Waals surface area contributed by atoms with Gasteiger partial charge in [-0.3, -0.25) is 0 Å². The summed E-state index contributed by atoms with van der Waals surface area (Å²) in [5.41, 5.74) is 2.60. The topological polar surface area (TPSA) is 24.7 Å². The fourth-order valence-corrected chi connectivity index (χ4v) is 3.36. The maximum absolute atomic E-state index is 4.41. The molecule has 1 aromatic rings. The summed E-state index contributed by atoms with van der Waals surface area (Å²) in [7, 11) is 0. The second kappa shape index (κ2) is 2.75. The monoisotopic (exact) mass is 278 g/mol. The summed E-state index contributed by atoms with van der Waals surface area (Å²) in [5.74, 6) is 0. The van der Waals surface area contributed by atoms with E-state index < -0.39 is 0 Å². The Morgan fingerprint density at radius 3 is 3.00 bits per heavy atom. The number of nitrogens with zero attached hydrogens (tertiary/aromatic N) is 2. The van der Waals surface area contributed by atoms with Crippen molar-refractivity contribution in [1.29, 1.82) is 0 Å². The largest absolute Gasteiger partial charge is 0.212 e. The van der Waals surface area contributed by atoms with Gasteiger partial charge in [-0.15, -0.1) is 11.3 Å². The zero-order valence-corrected chi connectivity index (χ0v) is 9.23. The van der Waals surface area contributed by atoms with Crippen LogP contribution in [-0.4, -0.2) is 6.21 Å². The molecule has 0 aliphatic carbocycles.